The van der Waals surface area contributed by atoms with Gasteiger partial charge in [-0.3, -0.25) is 4.79 Å². The molecule has 0 N–H and O–H groups in total. The predicted molar refractivity (Wildman–Crippen MR) is 94.4 cm³/mol. The summed E-state index contributed by atoms with van der Waals surface area (Å²) >= 11 is 1.78. The SMILES string of the molecule is CCCCCCCCCCc1cc(=O)c2ccccc2s1. The van der Waals surface area contributed by atoms with E-state index in [0.717, 1.165) is 16.5 Å². The maximum atomic E-state index is 12.0. The summed E-state index contributed by atoms with van der Waals surface area (Å²) in [5.41, 5.74) is 0.180. The summed E-state index contributed by atoms with van der Waals surface area (Å²) in [5, 5.41) is 0.863. The number of aryl methyl sites for hydroxylation is 1. The molecule has 0 unspecified atom stereocenters. The summed E-state index contributed by atoms with van der Waals surface area (Å²) in [6, 6.07) is 9.77. The van der Waals surface area contributed by atoms with Crippen molar-refractivity contribution in [3.63, 3.8) is 0 Å². The highest BCUT2D eigenvalue weighted by molar-refractivity contribution is 7.18. The van der Waals surface area contributed by atoms with Crippen LogP contribution in [0, 0.1) is 0 Å². The van der Waals surface area contributed by atoms with Gasteiger partial charge in [0.2, 0.25) is 0 Å². The number of benzene rings is 1. The molecule has 0 aliphatic rings. The van der Waals surface area contributed by atoms with Gasteiger partial charge >= 0.3 is 0 Å². The minimum absolute atomic E-state index is 0.180. The highest BCUT2D eigenvalue weighted by Gasteiger charge is 2.02. The van der Waals surface area contributed by atoms with E-state index in [9.17, 15) is 4.79 Å². The average Bonchev–Trinajstić information content (AvgIpc) is 2.50. The maximum absolute atomic E-state index is 12.0. The molecule has 2 aromatic rings. The summed E-state index contributed by atoms with van der Waals surface area (Å²) in [5.74, 6) is 0. The molecule has 114 valence electrons. The predicted octanol–water partition coefficient (Wildman–Crippen LogP) is 5.94. The molecule has 0 aliphatic heterocycles. The van der Waals surface area contributed by atoms with Crippen molar-refractivity contribution in [2.24, 2.45) is 0 Å². The molecular weight excluding hydrogens is 276 g/mol. The lowest BCUT2D eigenvalue weighted by molar-refractivity contribution is 0.576. The standard InChI is InChI=1S/C19H26OS/c1-2-3-4-5-6-7-8-9-12-16-15-18(20)17-13-10-11-14-19(17)21-16/h10-11,13-15H,2-9,12H2,1H3. The summed E-state index contributed by atoms with van der Waals surface area (Å²) in [7, 11) is 0. The van der Waals surface area contributed by atoms with Crippen molar-refractivity contribution in [1.29, 1.82) is 0 Å². The molecular formula is C19H26OS. The molecule has 2 heteroatoms. The van der Waals surface area contributed by atoms with E-state index < -0.39 is 0 Å². The molecule has 0 radical (unpaired) electrons. The second-order valence-corrected chi connectivity index (χ2v) is 6.97. The third kappa shape index (κ3) is 5.28. The van der Waals surface area contributed by atoms with E-state index in [1.54, 1.807) is 11.3 Å². The van der Waals surface area contributed by atoms with Gasteiger partial charge < -0.3 is 0 Å². The lowest BCUT2D eigenvalue weighted by Gasteiger charge is -2.03. The Labute approximate surface area is 132 Å². The summed E-state index contributed by atoms with van der Waals surface area (Å²) in [6.07, 6.45) is 11.7. The molecule has 2 rings (SSSR count). The Hall–Kier alpha value is -1.15. The molecule has 1 heterocycles. The van der Waals surface area contributed by atoms with Gasteiger partial charge in [-0.1, -0.05) is 64.0 Å². The van der Waals surface area contributed by atoms with E-state index in [-0.39, 0.29) is 5.43 Å². The van der Waals surface area contributed by atoms with Crippen LogP contribution in [-0.4, -0.2) is 0 Å². The fraction of sp³-hybridized carbons (Fsp3) is 0.526. The van der Waals surface area contributed by atoms with Gasteiger partial charge in [-0.2, -0.15) is 0 Å². The monoisotopic (exact) mass is 302 g/mol. The minimum Gasteiger partial charge on any atom is -0.289 e. The van der Waals surface area contributed by atoms with Crippen molar-refractivity contribution in [1.82, 2.24) is 0 Å². The van der Waals surface area contributed by atoms with E-state index >= 15 is 0 Å². The molecule has 0 aliphatic carbocycles. The Bertz CT molecular complexity index is 600. The molecule has 21 heavy (non-hydrogen) atoms. The quantitative estimate of drug-likeness (QED) is 0.523. The fourth-order valence-electron chi connectivity index (χ4n) is 2.71. The van der Waals surface area contributed by atoms with Crippen LogP contribution in [0.4, 0.5) is 0 Å². The topological polar surface area (TPSA) is 17.1 Å². The lowest BCUT2D eigenvalue weighted by atomic mass is 10.1. The highest BCUT2D eigenvalue weighted by Crippen LogP contribution is 2.20. The number of fused-ring (bicyclic) bond motifs is 1. The van der Waals surface area contributed by atoms with Crippen LogP contribution in [0.25, 0.3) is 10.1 Å². The third-order valence-corrected chi connectivity index (χ3v) is 5.12. The Morgan fingerprint density at radius 3 is 2.33 bits per heavy atom. The highest BCUT2D eigenvalue weighted by atomic mass is 32.1. The number of unbranched alkanes of at least 4 members (excludes halogenated alkanes) is 7. The Balaban J connectivity index is 1.75. The van der Waals surface area contributed by atoms with Crippen LogP contribution in [0.2, 0.25) is 0 Å². The summed E-state index contributed by atoms with van der Waals surface area (Å²) in [6.45, 7) is 2.26. The van der Waals surface area contributed by atoms with E-state index in [1.165, 1.54) is 56.2 Å². The van der Waals surface area contributed by atoms with Gasteiger partial charge in [0, 0.05) is 15.0 Å². The molecule has 1 aromatic carbocycles. The molecule has 0 amide bonds. The normalized spacial score (nSPS) is 11.1. The molecule has 0 saturated heterocycles. The van der Waals surface area contributed by atoms with E-state index in [1.807, 2.05) is 24.3 Å². The molecule has 1 aromatic heterocycles. The van der Waals surface area contributed by atoms with Crippen LogP contribution in [-0.2, 0) is 6.42 Å². The molecule has 0 saturated carbocycles. The number of rotatable bonds is 9. The Kier molecular flexibility index (Phi) is 6.94. The van der Waals surface area contributed by atoms with Gasteiger partial charge in [0.1, 0.15) is 0 Å². The van der Waals surface area contributed by atoms with Crippen LogP contribution >= 0.6 is 11.3 Å². The third-order valence-electron chi connectivity index (χ3n) is 3.96. The van der Waals surface area contributed by atoms with Crippen molar-refractivity contribution in [3.05, 3.63) is 45.4 Å². The van der Waals surface area contributed by atoms with Crippen molar-refractivity contribution in [3.8, 4) is 0 Å². The number of hydrogen-bond donors (Lipinski definition) is 0. The minimum atomic E-state index is 0.180. The van der Waals surface area contributed by atoms with Gasteiger partial charge in [-0.15, -0.1) is 11.3 Å². The van der Waals surface area contributed by atoms with Gasteiger partial charge in [0.25, 0.3) is 0 Å². The zero-order valence-electron chi connectivity index (χ0n) is 13.1. The molecule has 0 spiro atoms. The number of hydrogen-bond acceptors (Lipinski definition) is 2. The largest absolute Gasteiger partial charge is 0.289 e. The van der Waals surface area contributed by atoms with Crippen LogP contribution in [0.15, 0.2) is 35.1 Å². The van der Waals surface area contributed by atoms with Gasteiger partial charge in [0.05, 0.1) is 0 Å². The zero-order valence-corrected chi connectivity index (χ0v) is 13.9. The first-order valence-corrected chi connectivity index (χ1v) is 9.14. The second kappa shape index (κ2) is 8.99. The summed E-state index contributed by atoms with van der Waals surface area (Å²) < 4.78 is 1.12. The summed E-state index contributed by atoms with van der Waals surface area (Å²) in [4.78, 5) is 13.3. The maximum Gasteiger partial charge on any atom is 0.188 e. The van der Waals surface area contributed by atoms with Gasteiger partial charge in [-0.25, -0.2) is 0 Å². The van der Waals surface area contributed by atoms with Crippen LogP contribution in [0.3, 0.4) is 0 Å². The average molecular weight is 302 g/mol. The van der Waals surface area contributed by atoms with Gasteiger partial charge in [-0.05, 0) is 31.0 Å². The van der Waals surface area contributed by atoms with Gasteiger partial charge in [0.15, 0.2) is 5.43 Å². The molecule has 0 bridgehead atoms. The fourth-order valence-corrected chi connectivity index (χ4v) is 3.83. The van der Waals surface area contributed by atoms with Crippen molar-refractivity contribution < 1.29 is 0 Å². The van der Waals surface area contributed by atoms with Crippen LogP contribution in [0.5, 0.6) is 0 Å². The van der Waals surface area contributed by atoms with Crippen molar-refractivity contribution in [2.45, 2.75) is 64.7 Å². The van der Waals surface area contributed by atoms with E-state index in [0.29, 0.717) is 0 Å². The van der Waals surface area contributed by atoms with Crippen LogP contribution < -0.4 is 5.43 Å². The Morgan fingerprint density at radius 2 is 1.57 bits per heavy atom. The first kappa shape index (κ1) is 16.2. The first-order valence-electron chi connectivity index (χ1n) is 8.33. The Morgan fingerprint density at radius 1 is 0.905 bits per heavy atom. The second-order valence-electron chi connectivity index (χ2n) is 5.80. The zero-order chi connectivity index (χ0) is 14.9. The molecule has 1 nitrogen and oxygen atoms in total. The molecule has 0 atom stereocenters. The van der Waals surface area contributed by atoms with E-state index in [4.69, 9.17) is 0 Å². The van der Waals surface area contributed by atoms with Crippen molar-refractivity contribution in [2.75, 3.05) is 0 Å². The smallest absolute Gasteiger partial charge is 0.188 e. The van der Waals surface area contributed by atoms with Crippen molar-refractivity contribution >= 4 is 21.4 Å². The van der Waals surface area contributed by atoms with E-state index in [2.05, 4.69) is 13.0 Å². The molecule has 0 fully saturated rings. The first-order chi connectivity index (χ1) is 10.3. The lowest BCUT2D eigenvalue weighted by Crippen LogP contribution is -2.00. The van der Waals surface area contributed by atoms with Crippen LogP contribution in [0.1, 0.15) is 63.2 Å².